The van der Waals surface area contributed by atoms with E-state index in [1.165, 1.54) is 0 Å². The number of methoxy groups -OCH3 is 2. The molecule has 5 heteroatoms. The average Bonchev–Trinajstić information content (AvgIpc) is 2.89. The fraction of sp³-hybridized carbons (Fsp3) is 0.600. The number of rotatable bonds is 6. The predicted molar refractivity (Wildman–Crippen MR) is 81.4 cm³/mol. The summed E-state index contributed by atoms with van der Waals surface area (Å²) in [6, 6.07) is 6.12. The van der Waals surface area contributed by atoms with Gasteiger partial charge < -0.3 is 15.2 Å². The predicted octanol–water partition coefficient (Wildman–Crippen LogP) is 2.32. The maximum absolute atomic E-state index is 6.21. The summed E-state index contributed by atoms with van der Waals surface area (Å²) in [5.41, 5.74) is 7.13. The molecule has 1 heterocycles. The topological polar surface area (TPSA) is 47.7 Å². The van der Waals surface area contributed by atoms with Gasteiger partial charge in [0.15, 0.2) is 0 Å². The second kappa shape index (κ2) is 7.27. The monoisotopic (exact) mass is 298 g/mol. The number of nitrogens with zero attached hydrogens (tertiary/aromatic N) is 1. The molecular formula is C15H23ClN2O2. The molecule has 1 fully saturated rings. The van der Waals surface area contributed by atoms with Crippen molar-refractivity contribution in [2.75, 3.05) is 40.5 Å². The second-order valence-electron chi connectivity index (χ2n) is 5.25. The van der Waals surface area contributed by atoms with Crippen LogP contribution in [0.2, 0.25) is 5.02 Å². The summed E-state index contributed by atoms with van der Waals surface area (Å²) in [7, 11) is 3.38. The number of ether oxygens (including phenoxy) is 2. The first-order valence-corrected chi connectivity index (χ1v) is 7.33. The quantitative estimate of drug-likeness (QED) is 0.875. The smallest absolute Gasteiger partial charge is 0.137 e. The Balaban J connectivity index is 2.10. The Bertz CT molecular complexity index is 442. The zero-order valence-corrected chi connectivity index (χ0v) is 12.9. The summed E-state index contributed by atoms with van der Waals surface area (Å²) in [6.45, 7) is 3.48. The summed E-state index contributed by atoms with van der Waals surface area (Å²) in [5.74, 6) is 1.30. The minimum atomic E-state index is 0.209. The number of nitrogens with two attached hydrogens (primary N) is 1. The van der Waals surface area contributed by atoms with Crippen molar-refractivity contribution in [3.63, 3.8) is 0 Å². The van der Waals surface area contributed by atoms with Gasteiger partial charge in [0.25, 0.3) is 0 Å². The Morgan fingerprint density at radius 2 is 2.25 bits per heavy atom. The number of halogens is 1. The van der Waals surface area contributed by atoms with Crippen molar-refractivity contribution in [2.24, 2.45) is 11.7 Å². The molecule has 1 aliphatic rings. The lowest BCUT2D eigenvalue weighted by Crippen LogP contribution is -2.32. The largest absolute Gasteiger partial charge is 0.495 e. The highest BCUT2D eigenvalue weighted by molar-refractivity contribution is 6.32. The third-order valence-corrected chi connectivity index (χ3v) is 4.24. The zero-order chi connectivity index (χ0) is 14.5. The molecule has 2 unspecified atom stereocenters. The molecule has 1 aromatic rings. The summed E-state index contributed by atoms with van der Waals surface area (Å²) in [5, 5.41) is 0.635. The molecule has 1 saturated heterocycles. The number of likely N-dealkylation sites (tertiary alicyclic amines) is 1. The standard InChI is InChI=1S/C15H23ClN2O2/c1-19-10-11-5-6-18(9-11)14(8-17)12-3-4-15(20-2)13(16)7-12/h3-4,7,11,14H,5-6,8-10,17H2,1-2H3. The van der Waals surface area contributed by atoms with Gasteiger partial charge in [-0.3, -0.25) is 4.90 Å². The molecule has 1 aliphatic heterocycles. The van der Waals surface area contributed by atoms with Crippen LogP contribution < -0.4 is 10.5 Å². The van der Waals surface area contributed by atoms with E-state index in [2.05, 4.69) is 4.90 Å². The van der Waals surface area contributed by atoms with Gasteiger partial charge in [-0.25, -0.2) is 0 Å². The summed E-state index contributed by atoms with van der Waals surface area (Å²) < 4.78 is 10.4. The van der Waals surface area contributed by atoms with E-state index in [1.807, 2.05) is 18.2 Å². The maximum Gasteiger partial charge on any atom is 0.137 e. The maximum atomic E-state index is 6.21. The molecule has 2 atom stereocenters. The molecule has 2 N–H and O–H groups in total. The van der Waals surface area contributed by atoms with Crippen molar-refractivity contribution < 1.29 is 9.47 Å². The molecule has 0 saturated carbocycles. The Morgan fingerprint density at radius 1 is 1.45 bits per heavy atom. The molecule has 0 bridgehead atoms. The molecule has 4 nitrogen and oxygen atoms in total. The number of hydrogen-bond acceptors (Lipinski definition) is 4. The van der Waals surface area contributed by atoms with Crippen LogP contribution in [0, 0.1) is 5.92 Å². The molecule has 0 radical (unpaired) electrons. The van der Waals surface area contributed by atoms with Crippen LogP contribution in [0.15, 0.2) is 18.2 Å². The third-order valence-electron chi connectivity index (χ3n) is 3.94. The number of benzene rings is 1. The summed E-state index contributed by atoms with van der Waals surface area (Å²) in [4.78, 5) is 2.42. The lowest BCUT2D eigenvalue weighted by molar-refractivity contribution is 0.147. The highest BCUT2D eigenvalue weighted by Crippen LogP contribution is 2.32. The zero-order valence-electron chi connectivity index (χ0n) is 12.1. The Kier molecular flexibility index (Phi) is 5.66. The fourth-order valence-corrected chi connectivity index (χ4v) is 3.17. The SMILES string of the molecule is COCC1CCN(C(CN)c2ccc(OC)c(Cl)c2)C1. The van der Waals surface area contributed by atoms with Crippen LogP contribution in [0.25, 0.3) is 0 Å². The van der Waals surface area contributed by atoms with Crippen molar-refractivity contribution in [1.29, 1.82) is 0 Å². The molecule has 2 rings (SSSR count). The highest BCUT2D eigenvalue weighted by Gasteiger charge is 2.28. The molecule has 0 amide bonds. The van der Waals surface area contributed by atoms with Crippen LogP contribution in [0.1, 0.15) is 18.0 Å². The van der Waals surface area contributed by atoms with Crippen molar-refractivity contribution in [2.45, 2.75) is 12.5 Å². The summed E-state index contributed by atoms with van der Waals surface area (Å²) in [6.07, 6.45) is 1.16. The van der Waals surface area contributed by atoms with E-state index in [1.54, 1.807) is 14.2 Å². The second-order valence-corrected chi connectivity index (χ2v) is 5.66. The molecule has 20 heavy (non-hydrogen) atoms. The van der Waals surface area contributed by atoms with Gasteiger partial charge in [-0.15, -0.1) is 0 Å². The molecule has 0 aromatic heterocycles. The van der Waals surface area contributed by atoms with Gasteiger partial charge in [0.2, 0.25) is 0 Å². The van der Waals surface area contributed by atoms with Gasteiger partial charge in [-0.2, -0.15) is 0 Å². The first-order chi connectivity index (χ1) is 9.69. The average molecular weight is 299 g/mol. The van der Waals surface area contributed by atoms with Crippen LogP contribution in [-0.2, 0) is 4.74 Å². The van der Waals surface area contributed by atoms with Gasteiger partial charge in [0.05, 0.1) is 18.7 Å². The first-order valence-electron chi connectivity index (χ1n) is 6.96. The van der Waals surface area contributed by atoms with Gasteiger partial charge in [0, 0.05) is 26.2 Å². The molecular weight excluding hydrogens is 276 g/mol. The van der Waals surface area contributed by atoms with Crippen LogP contribution in [-0.4, -0.2) is 45.4 Å². The van der Waals surface area contributed by atoms with Crippen LogP contribution in [0.3, 0.4) is 0 Å². The Morgan fingerprint density at radius 3 is 2.85 bits per heavy atom. The van der Waals surface area contributed by atoms with Crippen LogP contribution >= 0.6 is 11.6 Å². The van der Waals surface area contributed by atoms with Crippen LogP contribution in [0.5, 0.6) is 5.75 Å². The number of hydrogen-bond donors (Lipinski definition) is 1. The van der Waals surface area contributed by atoms with E-state index in [9.17, 15) is 0 Å². The Hall–Kier alpha value is -0.810. The molecule has 1 aromatic carbocycles. The van der Waals surface area contributed by atoms with Crippen molar-refractivity contribution >= 4 is 11.6 Å². The lowest BCUT2D eigenvalue weighted by atomic mass is 10.1. The van der Waals surface area contributed by atoms with E-state index < -0.39 is 0 Å². The summed E-state index contributed by atoms with van der Waals surface area (Å²) >= 11 is 6.21. The van der Waals surface area contributed by atoms with Crippen molar-refractivity contribution in [3.05, 3.63) is 28.8 Å². The molecule has 0 spiro atoms. The van der Waals surface area contributed by atoms with E-state index in [0.717, 1.165) is 31.7 Å². The van der Waals surface area contributed by atoms with Gasteiger partial charge in [-0.05, 0) is 36.6 Å². The van der Waals surface area contributed by atoms with Gasteiger partial charge >= 0.3 is 0 Å². The highest BCUT2D eigenvalue weighted by atomic mass is 35.5. The molecule has 0 aliphatic carbocycles. The van der Waals surface area contributed by atoms with E-state index in [-0.39, 0.29) is 6.04 Å². The van der Waals surface area contributed by atoms with E-state index >= 15 is 0 Å². The molecule has 112 valence electrons. The first kappa shape index (κ1) is 15.6. The van der Waals surface area contributed by atoms with Gasteiger partial charge in [-0.1, -0.05) is 17.7 Å². The van der Waals surface area contributed by atoms with Crippen molar-refractivity contribution in [3.8, 4) is 5.75 Å². The normalized spacial score (nSPS) is 21.1. The van der Waals surface area contributed by atoms with E-state index in [0.29, 0.717) is 23.2 Å². The third kappa shape index (κ3) is 3.44. The van der Waals surface area contributed by atoms with Gasteiger partial charge in [0.1, 0.15) is 5.75 Å². The van der Waals surface area contributed by atoms with Crippen LogP contribution in [0.4, 0.5) is 0 Å². The van der Waals surface area contributed by atoms with Crippen molar-refractivity contribution in [1.82, 2.24) is 4.90 Å². The fourth-order valence-electron chi connectivity index (χ4n) is 2.90. The minimum absolute atomic E-state index is 0.209. The minimum Gasteiger partial charge on any atom is -0.495 e. The Labute approximate surface area is 125 Å². The lowest BCUT2D eigenvalue weighted by Gasteiger charge is -2.27. The van der Waals surface area contributed by atoms with E-state index in [4.69, 9.17) is 26.8 Å².